The maximum Gasteiger partial charge on any atom is 0.0731 e. The minimum atomic E-state index is 0.476. The number of rotatable bonds is 7. The number of hydrogen-bond donors (Lipinski definition) is 1. The van der Waals surface area contributed by atoms with E-state index in [1.165, 1.54) is 25.7 Å². The average Bonchev–Trinajstić information content (AvgIpc) is 2.86. The Bertz CT molecular complexity index is 238. The zero-order valence-corrected chi connectivity index (χ0v) is 11.9. The summed E-state index contributed by atoms with van der Waals surface area (Å²) >= 11 is 0. The van der Waals surface area contributed by atoms with Gasteiger partial charge in [-0.3, -0.25) is 4.90 Å². The minimum absolute atomic E-state index is 0.476. The first-order valence-corrected chi connectivity index (χ1v) is 7.43. The number of methoxy groups -OCH3 is 1. The van der Waals surface area contributed by atoms with E-state index >= 15 is 0 Å². The fraction of sp³-hybridized carbons (Fsp3) is 1.00. The highest BCUT2D eigenvalue weighted by Gasteiger charge is 2.38. The van der Waals surface area contributed by atoms with Crippen molar-refractivity contribution in [3.05, 3.63) is 0 Å². The van der Waals surface area contributed by atoms with E-state index in [1.807, 2.05) is 0 Å². The van der Waals surface area contributed by atoms with Crippen molar-refractivity contribution in [2.45, 2.75) is 50.8 Å². The van der Waals surface area contributed by atoms with Crippen LogP contribution in [0.3, 0.4) is 0 Å². The first kappa shape index (κ1) is 14.3. The fourth-order valence-electron chi connectivity index (χ4n) is 3.32. The van der Waals surface area contributed by atoms with Gasteiger partial charge in [0.2, 0.25) is 0 Å². The van der Waals surface area contributed by atoms with Gasteiger partial charge in [-0.2, -0.15) is 0 Å². The summed E-state index contributed by atoms with van der Waals surface area (Å²) in [6.07, 6.45) is 5.51. The molecule has 0 bridgehead atoms. The Kier molecular flexibility index (Phi) is 5.89. The Balaban J connectivity index is 1.90. The molecular weight excluding hydrogens is 228 g/mol. The molecule has 2 fully saturated rings. The molecule has 0 radical (unpaired) electrons. The number of fused-ring (bicyclic) bond motifs is 1. The van der Waals surface area contributed by atoms with Gasteiger partial charge in [-0.25, -0.2) is 0 Å². The second-order valence-corrected chi connectivity index (χ2v) is 5.46. The number of hydrogen-bond acceptors (Lipinski definition) is 4. The molecule has 0 spiro atoms. The molecule has 0 aromatic heterocycles. The average molecular weight is 256 g/mol. The van der Waals surface area contributed by atoms with Crippen molar-refractivity contribution in [1.29, 1.82) is 0 Å². The summed E-state index contributed by atoms with van der Waals surface area (Å²) < 4.78 is 11.3. The van der Waals surface area contributed by atoms with Crippen LogP contribution >= 0.6 is 0 Å². The van der Waals surface area contributed by atoms with Crippen molar-refractivity contribution in [3.63, 3.8) is 0 Å². The molecule has 4 nitrogen and oxygen atoms in total. The SMILES string of the molecule is CCCNCC(COC)N1CCOC2CCCC21. The molecule has 1 saturated heterocycles. The molecule has 1 aliphatic carbocycles. The molecule has 0 aromatic rings. The standard InChI is InChI=1S/C14H28N2O2/c1-3-7-15-10-12(11-17-2)16-8-9-18-14-6-4-5-13(14)16/h12-15H,3-11H2,1-2H3. The molecule has 2 aliphatic rings. The van der Waals surface area contributed by atoms with Crippen molar-refractivity contribution in [1.82, 2.24) is 10.2 Å². The predicted octanol–water partition coefficient (Wildman–Crippen LogP) is 1.25. The molecular formula is C14H28N2O2. The lowest BCUT2D eigenvalue weighted by Crippen LogP contribution is -2.57. The lowest BCUT2D eigenvalue weighted by atomic mass is 10.1. The highest BCUT2D eigenvalue weighted by atomic mass is 16.5. The summed E-state index contributed by atoms with van der Waals surface area (Å²) in [5.74, 6) is 0. The maximum absolute atomic E-state index is 5.88. The predicted molar refractivity (Wildman–Crippen MR) is 72.9 cm³/mol. The van der Waals surface area contributed by atoms with Crippen molar-refractivity contribution in [2.75, 3.05) is 40.0 Å². The molecule has 2 rings (SSSR count). The minimum Gasteiger partial charge on any atom is -0.383 e. The van der Waals surface area contributed by atoms with Crippen LogP contribution in [-0.2, 0) is 9.47 Å². The summed E-state index contributed by atoms with van der Waals surface area (Å²) in [6, 6.07) is 1.12. The summed E-state index contributed by atoms with van der Waals surface area (Å²) in [6.45, 7) is 7.10. The summed E-state index contributed by atoms with van der Waals surface area (Å²) in [5, 5.41) is 3.53. The van der Waals surface area contributed by atoms with Gasteiger partial charge in [-0.05, 0) is 32.2 Å². The van der Waals surface area contributed by atoms with Crippen molar-refractivity contribution < 1.29 is 9.47 Å². The van der Waals surface area contributed by atoms with Gasteiger partial charge in [-0.1, -0.05) is 6.92 Å². The summed E-state index contributed by atoms with van der Waals surface area (Å²) in [5.41, 5.74) is 0. The Morgan fingerprint density at radius 2 is 2.33 bits per heavy atom. The summed E-state index contributed by atoms with van der Waals surface area (Å²) in [7, 11) is 1.80. The molecule has 3 atom stereocenters. The molecule has 3 unspecified atom stereocenters. The Hall–Kier alpha value is -0.160. The molecule has 1 saturated carbocycles. The van der Waals surface area contributed by atoms with E-state index in [9.17, 15) is 0 Å². The summed E-state index contributed by atoms with van der Waals surface area (Å²) in [4.78, 5) is 2.63. The third-order valence-corrected chi connectivity index (χ3v) is 4.16. The van der Waals surface area contributed by atoms with Crippen LogP contribution in [0.15, 0.2) is 0 Å². The van der Waals surface area contributed by atoms with E-state index in [4.69, 9.17) is 9.47 Å². The number of morpholine rings is 1. The Morgan fingerprint density at radius 3 is 3.11 bits per heavy atom. The van der Waals surface area contributed by atoms with Crippen LogP contribution in [0.4, 0.5) is 0 Å². The zero-order chi connectivity index (χ0) is 12.8. The third kappa shape index (κ3) is 3.44. The van der Waals surface area contributed by atoms with Gasteiger partial charge in [0.25, 0.3) is 0 Å². The highest BCUT2D eigenvalue weighted by molar-refractivity contribution is 4.92. The second kappa shape index (κ2) is 7.43. The maximum atomic E-state index is 5.88. The van der Waals surface area contributed by atoms with Gasteiger partial charge in [0, 0.05) is 32.3 Å². The first-order valence-electron chi connectivity index (χ1n) is 7.43. The zero-order valence-electron chi connectivity index (χ0n) is 11.9. The largest absolute Gasteiger partial charge is 0.383 e. The Labute approximate surface area is 111 Å². The van der Waals surface area contributed by atoms with E-state index in [0.717, 1.165) is 32.8 Å². The van der Waals surface area contributed by atoms with E-state index in [2.05, 4.69) is 17.1 Å². The van der Waals surface area contributed by atoms with Crippen LogP contribution in [0, 0.1) is 0 Å². The number of ether oxygens (including phenoxy) is 2. The lowest BCUT2D eigenvalue weighted by Gasteiger charge is -2.42. The second-order valence-electron chi connectivity index (χ2n) is 5.46. The van der Waals surface area contributed by atoms with Gasteiger partial charge in [0.1, 0.15) is 0 Å². The van der Waals surface area contributed by atoms with Gasteiger partial charge < -0.3 is 14.8 Å². The quantitative estimate of drug-likeness (QED) is 0.695. The van der Waals surface area contributed by atoms with E-state index in [-0.39, 0.29) is 0 Å². The van der Waals surface area contributed by atoms with Crippen LogP contribution in [-0.4, -0.2) is 63.0 Å². The monoisotopic (exact) mass is 256 g/mol. The van der Waals surface area contributed by atoms with E-state index in [0.29, 0.717) is 18.2 Å². The normalized spacial score (nSPS) is 30.3. The fourth-order valence-corrected chi connectivity index (χ4v) is 3.32. The van der Waals surface area contributed by atoms with Gasteiger partial charge >= 0.3 is 0 Å². The van der Waals surface area contributed by atoms with Crippen LogP contribution < -0.4 is 5.32 Å². The van der Waals surface area contributed by atoms with Crippen LogP contribution in [0.25, 0.3) is 0 Å². The van der Waals surface area contributed by atoms with E-state index in [1.54, 1.807) is 7.11 Å². The molecule has 0 amide bonds. The van der Waals surface area contributed by atoms with Crippen LogP contribution in [0.5, 0.6) is 0 Å². The molecule has 4 heteroatoms. The molecule has 18 heavy (non-hydrogen) atoms. The smallest absolute Gasteiger partial charge is 0.0731 e. The number of nitrogens with one attached hydrogen (secondary N) is 1. The molecule has 1 N–H and O–H groups in total. The number of nitrogens with zero attached hydrogens (tertiary/aromatic N) is 1. The highest BCUT2D eigenvalue weighted by Crippen LogP contribution is 2.30. The van der Waals surface area contributed by atoms with Gasteiger partial charge in [0.15, 0.2) is 0 Å². The molecule has 1 aliphatic heterocycles. The van der Waals surface area contributed by atoms with Crippen molar-refractivity contribution in [3.8, 4) is 0 Å². The van der Waals surface area contributed by atoms with Crippen LogP contribution in [0.2, 0.25) is 0 Å². The first-order chi connectivity index (χ1) is 8.86. The molecule has 1 heterocycles. The van der Waals surface area contributed by atoms with Crippen molar-refractivity contribution >= 4 is 0 Å². The van der Waals surface area contributed by atoms with Gasteiger partial charge in [0.05, 0.1) is 19.3 Å². The van der Waals surface area contributed by atoms with E-state index < -0.39 is 0 Å². The topological polar surface area (TPSA) is 33.7 Å². The van der Waals surface area contributed by atoms with Crippen molar-refractivity contribution in [2.24, 2.45) is 0 Å². The van der Waals surface area contributed by atoms with Gasteiger partial charge in [-0.15, -0.1) is 0 Å². The van der Waals surface area contributed by atoms with Crippen LogP contribution in [0.1, 0.15) is 32.6 Å². The third-order valence-electron chi connectivity index (χ3n) is 4.16. The molecule has 0 aromatic carbocycles. The molecule has 106 valence electrons. The lowest BCUT2D eigenvalue weighted by molar-refractivity contribution is -0.0806. The Morgan fingerprint density at radius 1 is 1.44 bits per heavy atom.